The van der Waals surface area contributed by atoms with Gasteiger partial charge in [-0.15, -0.1) is 0 Å². The first-order valence-electron chi connectivity index (χ1n) is 9.01. The van der Waals surface area contributed by atoms with E-state index in [0.29, 0.717) is 5.56 Å². The minimum atomic E-state index is -4.43. The van der Waals surface area contributed by atoms with Gasteiger partial charge in [-0.1, -0.05) is 51.1 Å². The zero-order chi connectivity index (χ0) is 18.9. The molecule has 0 amide bonds. The molecule has 3 nitrogen and oxygen atoms in total. The number of rotatable bonds is 3. The normalized spacial score (nSPS) is 26.3. The van der Waals surface area contributed by atoms with Crippen LogP contribution in [0.15, 0.2) is 35.1 Å². The fraction of sp³-hybridized carbons (Fsp3) is 0.550. The van der Waals surface area contributed by atoms with Gasteiger partial charge in [0.1, 0.15) is 6.54 Å². The highest BCUT2D eigenvalue weighted by Crippen LogP contribution is 2.67. The first-order chi connectivity index (χ1) is 12.1. The Morgan fingerprint density at radius 2 is 1.77 bits per heavy atom. The molecule has 1 fully saturated rings. The number of aromatic nitrogens is 2. The molecule has 1 heterocycles. The maximum atomic E-state index is 13.2. The molecule has 0 aliphatic heterocycles. The van der Waals surface area contributed by atoms with Crippen molar-refractivity contribution < 1.29 is 13.2 Å². The fourth-order valence-electron chi connectivity index (χ4n) is 5.18. The molecule has 0 saturated heterocycles. The second-order valence-corrected chi connectivity index (χ2v) is 8.43. The zero-order valence-corrected chi connectivity index (χ0v) is 15.2. The molecule has 0 unspecified atom stereocenters. The lowest BCUT2D eigenvalue weighted by atomic mass is 9.70. The summed E-state index contributed by atoms with van der Waals surface area (Å²) < 4.78 is 42.1. The molecule has 2 aliphatic carbocycles. The molecule has 0 N–H and O–H groups in total. The van der Waals surface area contributed by atoms with Crippen LogP contribution in [0.25, 0.3) is 0 Å². The summed E-state index contributed by atoms with van der Waals surface area (Å²) in [6.45, 7) is 5.43. The maximum absolute atomic E-state index is 13.2. The maximum Gasteiger partial charge on any atom is 0.408 e. The lowest BCUT2D eigenvalue weighted by Gasteiger charge is -2.36. The van der Waals surface area contributed by atoms with E-state index in [0.717, 1.165) is 28.8 Å². The third-order valence-electron chi connectivity index (χ3n) is 6.87. The largest absolute Gasteiger partial charge is 0.408 e. The number of hydrogen-bond acceptors (Lipinski definition) is 1. The van der Waals surface area contributed by atoms with Gasteiger partial charge in [0.05, 0.1) is 12.2 Å². The average Bonchev–Trinajstić information content (AvgIpc) is 3.01. The predicted octanol–water partition coefficient (Wildman–Crippen LogP) is 4.44. The molecule has 1 saturated carbocycles. The molecule has 2 atom stereocenters. The summed E-state index contributed by atoms with van der Waals surface area (Å²) in [5.41, 5.74) is 1.46. The smallest absolute Gasteiger partial charge is 0.281 e. The van der Waals surface area contributed by atoms with Crippen LogP contribution in [-0.2, 0) is 18.5 Å². The van der Waals surface area contributed by atoms with Crippen LogP contribution in [0.5, 0.6) is 0 Å². The van der Waals surface area contributed by atoms with Crippen molar-refractivity contribution in [2.75, 3.05) is 0 Å². The zero-order valence-electron chi connectivity index (χ0n) is 15.2. The van der Waals surface area contributed by atoms with Gasteiger partial charge in [-0.3, -0.25) is 9.48 Å². The molecule has 0 spiro atoms. The summed E-state index contributed by atoms with van der Waals surface area (Å²) in [4.78, 5) is 13.0. The Hall–Kier alpha value is -1.98. The third-order valence-corrected chi connectivity index (χ3v) is 6.87. The van der Waals surface area contributed by atoms with Gasteiger partial charge in [-0.2, -0.15) is 13.2 Å². The number of benzene rings is 1. The number of hydrogen-bond donors (Lipinski definition) is 0. The third kappa shape index (κ3) is 2.23. The van der Waals surface area contributed by atoms with Crippen molar-refractivity contribution in [2.45, 2.75) is 64.2 Å². The second-order valence-electron chi connectivity index (χ2n) is 8.43. The summed E-state index contributed by atoms with van der Waals surface area (Å²) in [5.74, 6) is 0.0338. The van der Waals surface area contributed by atoms with Crippen LogP contribution in [0.2, 0.25) is 0 Å². The van der Waals surface area contributed by atoms with Gasteiger partial charge in [0.2, 0.25) is 0 Å². The van der Waals surface area contributed by atoms with Crippen LogP contribution in [-0.4, -0.2) is 15.5 Å². The molecule has 6 heteroatoms. The van der Waals surface area contributed by atoms with Gasteiger partial charge < -0.3 is 0 Å². The number of halogens is 3. The summed E-state index contributed by atoms with van der Waals surface area (Å²) in [7, 11) is 0. The number of alkyl halides is 3. The molecule has 2 bridgehead atoms. The van der Waals surface area contributed by atoms with E-state index in [1.807, 2.05) is 30.3 Å². The topological polar surface area (TPSA) is 26.9 Å². The van der Waals surface area contributed by atoms with Crippen molar-refractivity contribution in [1.29, 1.82) is 0 Å². The summed E-state index contributed by atoms with van der Waals surface area (Å²) in [6, 6.07) is 9.37. The van der Waals surface area contributed by atoms with Crippen LogP contribution in [0, 0.1) is 5.41 Å². The Labute approximate surface area is 150 Å². The Balaban J connectivity index is 1.94. The minimum Gasteiger partial charge on any atom is -0.281 e. The molecule has 2 aromatic rings. The Morgan fingerprint density at radius 3 is 2.38 bits per heavy atom. The van der Waals surface area contributed by atoms with Crippen LogP contribution < -0.4 is 5.56 Å². The Kier molecular flexibility index (Phi) is 3.53. The van der Waals surface area contributed by atoms with E-state index in [1.54, 1.807) is 4.68 Å². The predicted molar refractivity (Wildman–Crippen MR) is 93.4 cm³/mol. The average molecular weight is 364 g/mol. The standard InChI is InChI=1S/C20H23F3N2O/c1-18(2)14-9-10-19(18,3)16-15(14)17(26)25(12-20(21,22)23)24(16)11-13-7-5-4-6-8-13/h4-8,14H,9-12H2,1-3H3/t14-,19+/m1/s1. The van der Waals surface area contributed by atoms with E-state index >= 15 is 0 Å². The molecule has 2 aliphatic rings. The van der Waals surface area contributed by atoms with Gasteiger partial charge in [0, 0.05) is 11.0 Å². The molecule has 140 valence electrons. The minimum absolute atomic E-state index is 0.0338. The summed E-state index contributed by atoms with van der Waals surface area (Å²) in [6.07, 6.45) is -2.66. The molecule has 1 aromatic carbocycles. The molecule has 4 rings (SSSR count). The molecule has 26 heavy (non-hydrogen) atoms. The van der Waals surface area contributed by atoms with Crippen molar-refractivity contribution in [3.8, 4) is 0 Å². The van der Waals surface area contributed by atoms with Crippen molar-refractivity contribution >= 4 is 0 Å². The van der Waals surface area contributed by atoms with E-state index in [-0.39, 0.29) is 23.3 Å². The van der Waals surface area contributed by atoms with Crippen molar-refractivity contribution in [3.63, 3.8) is 0 Å². The number of fused-ring (bicyclic) bond motifs is 5. The fourth-order valence-corrected chi connectivity index (χ4v) is 5.18. The van der Waals surface area contributed by atoms with Crippen LogP contribution in [0.3, 0.4) is 0 Å². The van der Waals surface area contributed by atoms with Gasteiger partial charge in [-0.25, -0.2) is 4.68 Å². The highest BCUT2D eigenvalue weighted by atomic mass is 19.4. The van der Waals surface area contributed by atoms with Crippen molar-refractivity contribution in [2.24, 2.45) is 5.41 Å². The second kappa shape index (κ2) is 5.27. The van der Waals surface area contributed by atoms with Crippen molar-refractivity contribution in [3.05, 3.63) is 57.5 Å². The summed E-state index contributed by atoms with van der Waals surface area (Å²) >= 11 is 0. The van der Waals surface area contributed by atoms with Gasteiger partial charge in [-0.05, 0) is 29.7 Å². The van der Waals surface area contributed by atoms with E-state index in [4.69, 9.17) is 0 Å². The van der Waals surface area contributed by atoms with Crippen LogP contribution >= 0.6 is 0 Å². The molecular formula is C20H23F3N2O. The molecule has 0 radical (unpaired) electrons. The van der Waals surface area contributed by atoms with Crippen LogP contribution in [0.1, 0.15) is 56.4 Å². The lowest BCUT2D eigenvalue weighted by Crippen LogP contribution is -2.38. The number of nitrogens with zero attached hydrogens (tertiary/aromatic N) is 2. The first-order valence-corrected chi connectivity index (χ1v) is 9.01. The lowest BCUT2D eigenvalue weighted by molar-refractivity contribution is -0.145. The van der Waals surface area contributed by atoms with Crippen LogP contribution in [0.4, 0.5) is 13.2 Å². The Morgan fingerprint density at radius 1 is 1.12 bits per heavy atom. The highest BCUT2D eigenvalue weighted by molar-refractivity contribution is 5.45. The first kappa shape index (κ1) is 17.4. The van der Waals surface area contributed by atoms with E-state index in [9.17, 15) is 18.0 Å². The monoisotopic (exact) mass is 364 g/mol. The SMILES string of the molecule is CC1(C)[C@@H]2CC[C@@]1(C)c1c2c(=O)n(CC(F)(F)F)n1Cc1ccccc1. The molecule has 1 aromatic heterocycles. The van der Waals surface area contributed by atoms with E-state index < -0.39 is 18.3 Å². The quantitative estimate of drug-likeness (QED) is 0.791. The Bertz CT molecular complexity index is 908. The summed E-state index contributed by atoms with van der Waals surface area (Å²) in [5, 5.41) is 0. The van der Waals surface area contributed by atoms with Crippen molar-refractivity contribution in [1.82, 2.24) is 9.36 Å². The van der Waals surface area contributed by atoms with Gasteiger partial charge in [0.25, 0.3) is 5.56 Å². The van der Waals surface area contributed by atoms with E-state index in [1.165, 1.54) is 0 Å². The van der Waals surface area contributed by atoms with Gasteiger partial charge in [0.15, 0.2) is 0 Å². The van der Waals surface area contributed by atoms with E-state index in [2.05, 4.69) is 20.8 Å². The molecular weight excluding hydrogens is 341 g/mol. The highest BCUT2D eigenvalue weighted by Gasteiger charge is 2.63. The van der Waals surface area contributed by atoms with Gasteiger partial charge >= 0.3 is 6.18 Å².